The largest absolute Gasteiger partial charge is 0.484 e. The smallest absolute Gasteiger partial charge is 0.258 e. The molecular formula is C14H18N4O2. The van der Waals surface area contributed by atoms with Crippen LogP contribution in [0.5, 0.6) is 5.75 Å². The Labute approximate surface area is 117 Å². The van der Waals surface area contributed by atoms with E-state index in [0.29, 0.717) is 11.6 Å². The fraction of sp³-hybridized carbons (Fsp3) is 0.357. The van der Waals surface area contributed by atoms with Gasteiger partial charge in [-0.05, 0) is 31.0 Å². The highest BCUT2D eigenvalue weighted by molar-refractivity contribution is 5.77. The molecule has 2 N–H and O–H groups in total. The monoisotopic (exact) mass is 274 g/mol. The van der Waals surface area contributed by atoms with Crippen LogP contribution in [-0.2, 0) is 11.2 Å². The summed E-state index contributed by atoms with van der Waals surface area (Å²) in [6.07, 6.45) is 2.34. The van der Waals surface area contributed by atoms with Gasteiger partial charge in [-0.15, -0.1) is 0 Å². The van der Waals surface area contributed by atoms with E-state index < -0.39 is 0 Å². The van der Waals surface area contributed by atoms with E-state index in [-0.39, 0.29) is 18.6 Å². The molecule has 6 heteroatoms. The first-order valence-electron chi connectivity index (χ1n) is 6.55. The normalized spacial score (nSPS) is 11.9. The summed E-state index contributed by atoms with van der Waals surface area (Å²) in [7, 11) is 0. The lowest BCUT2D eigenvalue weighted by Gasteiger charge is -2.12. The summed E-state index contributed by atoms with van der Waals surface area (Å²) in [4.78, 5) is 15.8. The van der Waals surface area contributed by atoms with E-state index in [2.05, 4.69) is 27.4 Å². The molecule has 0 aliphatic rings. The molecule has 0 saturated carbocycles. The Morgan fingerprint density at radius 3 is 3.05 bits per heavy atom. The van der Waals surface area contributed by atoms with Crippen molar-refractivity contribution < 1.29 is 9.53 Å². The number of carbonyl (C=O) groups is 1. The number of amides is 1. The predicted molar refractivity (Wildman–Crippen MR) is 74.3 cm³/mol. The summed E-state index contributed by atoms with van der Waals surface area (Å²) < 4.78 is 5.47. The van der Waals surface area contributed by atoms with Crippen molar-refractivity contribution in [3.8, 4) is 5.75 Å². The van der Waals surface area contributed by atoms with Crippen molar-refractivity contribution in [3.05, 3.63) is 42.0 Å². The first kappa shape index (κ1) is 14.0. The van der Waals surface area contributed by atoms with Crippen LogP contribution in [0.25, 0.3) is 0 Å². The van der Waals surface area contributed by atoms with Crippen LogP contribution in [0.1, 0.15) is 31.3 Å². The lowest BCUT2D eigenvalue weighted by Crippen LogP contribution is -2.31. The Morgan fingerprint density at radius 2 is 2.35 bits per heavy atom. The number of H-pyrrole nitrogens is 1. The number of aryl methyl sites for hydroxylation is 1. The van der Waals surface area contributed by atoms with Crippen LogP contribution >= 0.6 is 0 Å². The summed E-state index contributed by atoms with van der Waals surface area (Å²) in [5, 5.41) is 9.24. The number of aromatic amines is 1. The van der Waals surface area contributed by atoms with Gasteiger partial charge in [-0.2, -0.15) is 5.10 Å². The van der Waals surface area contributed by atoms with E-state index in [1.165, 1.54) is 11.9 Å². The van der Waals surface area contributed by atoms with E-state index >= 15 is 0 Å². The summed E-state index contributed by atoms with van der Waals surface area (Å²) in [5.41, 5.74) is 1.18. The fourth-order valence-corrected chi connectivity index (χ4v) is 1.78. The molecule has 0 aliphatic carbocycles. The summed E-state index contributed by atoms with van der Waals surface area (Å²) in [5.74, 6) is 1.12. The molecule has 0 bridgehead atoms. The number of nitrogens with one attached hydrogen (secondary N) is 2. The molecule has 1 atom stereocenters. The number of nitrogens with zero attached hydrogens (tertiary/aromatic N) is 2. The Balaban J connectivity index is 1.83. The number of rotatable bonds is 6. The van der Waals surface area contributed by atoms with Crippen molar-refractivity contribution in [3.63, 3.8) is 0 Å². The highest BCUT2D eigenvalue weighted by atomic mass is 16.5. The van der Waals surface area contributed by atoms with Crippen LogP contribution in [0.2, 0.25) is 0 Å². The fourth-order valence-electron chi connectivity index (χ4n) is 1.78. The maximum absolute atomic E-state index is 11.8. The molecule has 1 aromatic carbocycles. The third kappa shape index (κ3) is 3.81. The van der Waals surface area contributed by atoms with Gasteiger partial charge in [0.25, 0.3) is 5.91 Å². The summed E-state index contributed by atoms with van der Waals surface area (Å²) in [6, 6.07) is 7.50. The van der Waals surface area contributed by atoms with Crippen LogP contribution in [0.15, 0.2) is 30.6 Å². The van der Waals surface area contributed by atoms with E-state index in [9.17, 15) is 4.79 Å². The number of aromatic nitrogens is 3. The average molecular weight is 274 g/mol. The number of hydrogen-bond donors (Lipinski definition) is 2. The zero-order chi connectivity index (χ0) is 14.4. The Bertz CT molecular complexity index is 554. The van der Waals surface area contributed by atoms with Gasteiger partial charge < -0.3 is 10.1 Å². The molecule has 6 nitrogen and oxygen atoms in total. The van der Waals surface area contributed by atoms with Gasteiger partial charge in [0.2, 0.25) is 0 Å². The van der Waals surface area contributed by atoms with E-state index in [4.69, 9.17) is 4.74 Å². The summed E-state index contributed by atoms with van der Waals surface area (Å²) >= 11 is 0. The molecule has 1 unspecified atom stereocenters. The first-order chi connectivity index (χ1) is 9.69. The molecule has 0 spiro atoms. The van der Waals surface area contributed by atoms with Crippen molar-refractivity contribution in [2.75, 3.05) is 6.61 Å². The molecule has 1 amide bonds. The summed E-state index contributed by atoms with van der Waals surface area (Å²) in [6.45, 7) is 3.88. The number of benzene rings is 1. The highest BCUT2D eigenvalue weighted by Crippen LogP contribution is 2.13. The maximum atomic E-state index is 11.8. The molecule has 0 saturated heterocycles. The number of carbonyl (C=O) groups excluding carboxylic acids is 1. The van der Waals surface area contributed by atoms with Crippen molar-refractivity contribution in [1.29, 1.82) is 0 Å². The van der Waals surface area contributed by atoms with Crippen LogP contribution in [0, 0.1) is 0 Å². The van der Waals surface area contributed by atoms with Crippen LogP contribution in [0.3, 0.4) is 0 Å². The van der Waals surface area contributed by atoms with Gasteiger partial charge in [0.1, 0.15) is 17.9 Å². The molecule has 1 heterocycles. The minimum atomic E-state index is -0.226. The minimum Gasteiger partial charge on any atom is -0.484 e. The lowest BCUT2D eigenvalue weighted by atomic mass is 10.2. The highest BCUT2D eigenvalue weighted by Gasteiger charge is 2.12. The molecule has 0 fully saturated rings. The van der Waals surface area contributed by atoms with E-state index in [1.807, 2.05) is 31.2 Å². The quantitative estimate of drug-likeness (QED) is 0.839. The third-order valence-electron chi connectivity index (χ3n) is 2.90. The molecule has 20 heavy (non-hydrogen) atoms. The Morgan fingerprint density at radius 1 is 1.50 bits per heavy atom. The van der Waals surface area contributed by atoms with Crippen molar-refractivity contribution in [2.45, 2.75) is 26.3 Å². The van der Waals surface area contributed by atoms with Gasteiger partial charge in [0.15, 0.2) is 6.61 Å². The zero-order valence-corrected chi connectivity index (χ0v) is 11.6. The molecule has 2 aromatic rings. The Hall–Kier alpha value is -2.37. The molecule has 106 valence electrons. The van der Waals surface area contributed by atoms with Gasteiger partial charge in [-0.1, -0.05) is 19.1 Å². The van der Waals surface area contributed by atoms with Gasteiger partial charge >= 0.3 is 0 Å². The number of hydrogen-bond acceptors (Lipinski definition) is 4. The third-order valence-corrected chi connectivity index (χ3v) is 2.90. The SMILES string of the molecule is CCc1cccc(OCC(=O)NC(C)c2ncn[nH]2)c1. The second-order valence-electron chi connectivity index (χ2n) is 4.45. The van der Waals surface area contributed by atoms with Crippen molar-refractivity contribution >= 4 is 5.91 Å². The van der Waals surface area contributed by atoms with Gasteiger partial charge in [-0.25, -0.2) is 4.98 Å². The van der Waals surface area contributed by atoms with Crippen LogP contribution < -0.4 is 10.1 Å². The topological polar surface area (TPSA) is 79.9 Å². The van der Waals surface area contributed by atoms with E-state index in [0.717, 1.165) is 6.42 Å². The van der Waals surface area contributed by atoms with Gasteiger partial charge in [0, 0.05) is 0 Å². The van der Waals surface area contributed by atoms with Crippen LogP contribution in [-0.4, -0.2) is 27.7 Å². The molecule has 2 rings (SSSR count). The van der Waals surface area contributed by atoms with Gasteiger partial charge in [-0.3, -0.25) is 9.89 Å². The molecule has 0 radical (unpaired) electrons. The van der Waals surface area contributed by atoms with E-state index in [1.54, 1.807) is 0 Å². The molecular weight excluding hydrogens is 256 g/mol. The molecule has 1 aromatic heterocycles. The lowest BCUT2D eigenvalue weighted by molar-refractivity contribution is -0.123. The zero-order valence-electron chi connectivity index (χ0n) is 11.6. The Kier molecular flexibility index (Phi) is 4.70. The van der Waals surface area contributed by atoms with Crippen molar-refractivity contribution in [1.82, 2.24) is 20.5 Å². The van der Waals surface area contributed by atoms with Crippen LogP contribution in [0.4, 0.5) is 0 Å². The number of ether oxygens (including phenoxy) is 1. The predicted octanol–water partition coefficient (Wildman–Crippen LogP) is 1.62. The minimum absolute atomic E-state index is 0.0222. The maximum Gasteiger partial charge on any atom is 0.258 e. The average Bonchev–Trinajstić information content (AvgIpc) is 2.99. The second-order valence-corrected chi connectivity index (χ2v) is 4.45. The first-order valence-corrected chi connectivity index (χ1v) is 6.55. The standard InChI is InChI=1S/C14H18N4O2/c1-3-11-5-4-6-12(7-11)20-8-13(19)17-10(2)14-15-9-16-18-14/h4-7,9-10H,3,8H2,1-2H3,(H,17,19)(H,15,16,18). The second kappa shape index (κ2) is 6.70. The molecule has 0 aliphatic heterocycles. The van der Waals surface area contributed by atoms with Crippen molar-refractivity contribution in [2.24, 2.45) is 0 Å². The van der Waals surface area contributed by atoms with Gasteiger partial charge in [0.05, 0.1) is 6.04 Å².